The van der Waals surface area contributed by atoms with Crippen molar-refractivity contribution in [2.24, 2.45) is 5.92 Å². The van der Waals surface area contributed by atoms with Gasteiger partial charge < -0.3 is 15.4 Å². The van der Waals surface area contributed by atoms with Crippen LogP contribution in [0.3, 0.4) is 0 Å². The number of hydrogen-bond acceptors (Lipinski definition) is 10. The molecule has 5 rings (SSSR count). The number of amides is 2. The first-order valence-electron chi connectivity index (χ1n) is 10.9. The van der Waals surface area contributed by atoms with E-state index in [1.54, 1.807) is 18.3 Å². The maximum absolute atomic E-state index is 12.3. The number of benzene rings is 1. The Bertz CT molecular complexity index is 1210. The number of hydrazine groups is 1. The summed E-state index contributed by atoms with van der Waals surface area (Å²) in [4.78, 5) is 44.4. The van der Waals surface area contributed by atoms with Crippen molar-refractivity contribution < 1.29 is 14.3 Å². The number of nitrogen functional groups attached to an aromatic ring is 1. The summed E-state index contributed by atoms with van der Waals surface area (Å²) in [7, 11) is 0. The molecule has 170 valence electrons. The predicted molar refractivity (Wildman–Crippen MR) is 122 cm³/mol. The van der Waals surface area contributed by atoms with E-state index in [0.29, 0.717) is 61.1 Å². The van der Waals surface area contributed by atoms with Gasteiger partial charge in [0, 0.05) is 31.0 Å². The molecule has 11 heteroatoms. The van der Waals surface area contributed by atoms with Gasteiger partial charge in [0.1, 0.15) is 0 Å². The van der Waals surface area contributed by atoms with Crippen LogP contribution in [0.15, 0.2) is 30.5 Å². The van der Waals surface area contributed by atoms with Crippen LogP contribution in [0.2, 0.25) is 0 Å². The number of carbonyl (C=O) groups is 2. The van der Waals surface area contributed by atoms with Gasteiger partial charge in [-0.1, -0.05) is 19.1 Å². The third-order valence-corrected chi connectivity index (χ3v) is 5.87. The number of morpholine rings is 1. The number of nitrogens with one attached hydrogen (secondary N) is 1. The summed E-state index contributed by atoms with van der Waals surface area (Å²) < 4.78 is 5.44. The molecule has 1 unspecified atom stereocenters. The molecule has 0 spiro atoms. The third kappa shape index (κ3) is 4.02. The number of anilines is 3. The summed E-state index contributed by atoms with van der Waals surface area (Å²) in [6.45, 7) is 4.49. The number of fused-ring (bicyclic) bond motifs is 1. The van der Waals surface area contributed by atoms with Crippen molar-refractivity contribution in [3.63, 3.8) is 0 Å². The van der Waals surface area contributed by atoms with Crippen LogP contribution >= 0.6 is 0 Å². The Labute approximate surface area is 190 Å². The molecule has 0 saturated carbocycles. The van der Waals surface area contributed by atoms with Gasteiger partial charge in [-0.3, -0.25) is 15.0 Å². The van der Waals surface area contributed by atoms with Crippen LogP contribution in [-0.4, -0.2) is 63.1 Å². The molecule has 4 heterocycles. The fraction of sp³-hybridized carbons (Fsp3) is 0.364. The molecule has 2 aliphatic rings. The number of imide groups is 1. The summed E-state index contributed by atoms with van der Waals surface area (Å²) in [5.74, 6) is 0.130. The first-order chi connectivity index (χ1) is 16.0. The highest BCUT2D eigenvalue weighted by Gasteiger charge is 2.37. The zero-order valence-corrected chi connectivity index (χ0v) is 18.2. The molecule has 11 nitrogen and oxygen atoms in total. The molecule has 1 aromatic carbocycles. The summed E-state index contributed by atoms with van der Waals surface area (Å²) in [6.07, 6.45) is 2.52. The Morgan fingerprint density at radius 2 is 1.88 bits per heavy atom. The van der Waals surface area contributed by atoms with Crippen molar-refractivity contribution in [2.75, 3.05) is 42.4 Å². The molecular formula is C22H24N8O3. The average molecular weight is 448 g/mol. The fourth-order valence-electron chi connectivity index (χ4n) is 4.02. The van der Waals surface area contributed by atoms with E-state index in [1.165, 1.54) is 0 Å². The van der Waals surface area contributed by atoms with E-state index < -0.39 is 0 Å². The molecule has 2 fully saturated rings. The number of nitrogens with two attached hydrogens (primary N) is 1. The van der Waals surface area contributed by atoms with Crippen LogP contribution in [0.1, 0.15) is 19.8 Å². The lowest BCUT2D eigenvalue weighted by Gasteiger charge is -2.28. The van der Waals surface area contributed by atoms with Crippen LogP contribution in [-0.2, 0) is 14.3 Å². The van der Waals surface area contributed by atoms with Crippen molar-refractivity contribution in [1.29, 1.82) is 0 Å². The largest absolute Gasteiger partial charge is 0.378 e. The molecular weight excluding hydrogens is 424 g/mol. The molecule has 3 aromatic rings. The maximum Gasteiger partial charge on any atom is 0.251 e. The molecule has 2 amide bonds. The topological polar surface area (TPSA) is 139 Å². The van der Waals surface area contributed by atoms with Gasteiger partial charge in [-0.25, -0.2) is 9.97 Å². The Hall–Kier alpha value is -3.86. The minimum Gasteiger partial charge on any atom is -0.378 e. The average Bonchev–Trinajstić information content (AvgIpc) is 3.12. The van der Waals surface area contributed by atoms with Crippen molar-refractivity contribution in [3.8, 4) is 11.3 Å². The Morgan fingerprint density at radius 3 is 2.58 bits per heavy atom. The number of hydrogen-bond donors (Lipinski definition) is 2. The van der Waals surface area contributed by atoms with Crippen molar-refractivity contribution >= 4 is 40.4 Å². The molecule has 2 saturated heterocycles. The summed E-state index contributed by atoms with van der Waals surface area (Å²) in [6, 6.07) is 7.30. The zero-order valence-electron chi connectivity index (χ0n) is 18.2. The maximum atomic E-state index is 12.3. The SMILES string of the molecule is CCC1CC(=O)N(Nc2ccc(-c3cnc4nc(N)nc(N5CCOCC5)c4n3)cc2)C1=O. The molecule has 33 heavy (non-hydrogen) atoms. The standard InChI is InChI=1S/C22H24N8O3/c1-2-13-11-17(31)30(21(13)32)28-15-5-3-14(4-6-15)16-12-24-19-18(25-16)20(27-22(23)26-19)29-7-9-33-10-8-29/h3-6,12-13,28H,2,7-11H2,1H3,(H2,23,24,26,27). The quantitative estimate of drug-likeness (QED) is 0.553. The molecule has 2 aliphatic heterocycles. The number of nitrogens with zero attached hydrogens (tertiary/aromatic N) is 6. The lowest BCUT2D eigenvalue weighted by Crippen LogP contribution is -2.37. The van der Waals surface area contributed by atoms with Gasteiger partial charge in [0.25, 0.3) is 5.91 Å². The lowest BCUT2D eigenvalue weighted by molar-refractivity contribution is -0.137. The first kappa shape index (κ1) is 21.0. The van der Waals surface area contributed by atoms with Crippen LogP contribution in [0, 0.1) is 5.92 Å². The van der Waals surface area contributed by atoms with Crippen LogP contribution < -0.4 is 16.1 Å². The minimum atomic E-state index is -0.255. The predicted octanol–water partition coefficient (Wildman–Crippen LogP) is 1.62. The minimum absolute atomic E-state index is 0.151. The molecule has 0 radical (unpaired) electrons. The van der Waals surface area contributed by atoms with Crippen molar-refractivity contribution in [1.82, 2.24) is 24.9 Å². The number of ether oxygens (including phenoxy) is 1. The number of carbonyl (C=O) groups excluding carboxylic acids is 2. The fourth-order valence-corrected chi connectivity index (χ4v) is 4.02. The van der Waals surface area contributed by atoms with Gasteiger partial charge >= 0.3 is 0 Å². The highest BCUT2D eigenvalue weighted by molar-refractivity contribution is 6.04. The van der Waals surface area contributed by atoms with Gasteiger partial charge in [0.05, 0.1) is 30.8 Å². The highest BCUT2D eigenvalue weighted by atomic mass is 16.5. The molecule has 1 atom stereocenters. The second kappa shape index (κ2) is 8.58. The Balaban J connectivity index is 1.42. The van der Waals surface area contributed by atoms with Gasteiger partial charge in [-0.2, -0.15) is 15.0 Å². The van der Waals surface area contributed by atoms with E-state index in [9.17, 15) is 9.59 Å². The summed E-state index contributed by atoms with van der Waals surface area (Å²) >= 11 is 0. The second-order valence-corrected chi connectivity index (χ2v) is 8.00. The van der Waals surface area contributed by atoms with Gasteiger partial charge in [0.15, 0.2) is 17.0 Å². The molecule has 0 aliphatic carbocycles. The van der Waals surface area contributed by atoms with E-state index in [0.717, 1.165) is 10.6 Å². The molecule has 0 bridgehead atoms. The zero-order chi connectivity index (χ0) is 22.9. The Morgan fingerprint density at radius 1 is 1.12 bits per heavy atom. The van der Waals surface area contributed by atoms with Gasteiger partial charge in [0.2, 0.25) is 11.9 Å². The normalized spacial score (nSPS) is 18.9. The lowest BCUT2D eigenvalue weighted by atomic mass is 10.1. The highest BCUT2D eigenvalue weighted by Crippen LogP contribution is 2.28. The van der Waals surface area contributed by atoms with E-state index in [-0.39, 0.29) is 30.1 Å². The molecule has 2 aromatic heterocycles. The van der Waals surface area contributed by atoms with E-state index in [2.05, 4.69) is 25.3 Å². The first-order valence-corrected chi connectivity index (χ1v) is 10.9. The van der Waals surface area contributed by atoms with Gasteiger partial charge in [-0.15, -0.1) is 0 Å². The van der Waals surface area contributed by atoms with Crippen molar-refractivity contribution in [2.45, 2.75) is 19.8 Å². The van der Waals surface area contributed by atoms with Crippen LogP contribution in [0.5, 0.6) is 0 Å². The van der Waals surface area contributed by atoms with Crippen LogP contribution in [0.4, 0.5) is 17.5 Å². The van der Waals surface area contributed by atoms with E-state index in [1.807, 2.05) is 19.1 Å². The third-order valence-electron chi connectivity index (χ3n) is 5.87. The monoisotopic (exact) mass is 448 g/mol. The summed E-state index contributed by atoms with van der Waals surface area (Å²) in [5, 5.41) is 1.11. The summed E-state index contributed by atoms with van der Waals surface area (Å²) in [5.41, 5.74) is 11.9. The Kier molecular flexibility index (Phi) is 5.47. The van der Waals surface area contributed by atoms with Crippen molar-refractivity contribution in [3.05, 3.63) is 30.5 Å². The molecule has 3 N–H and O–H groups in total. The van der Waals surface area contributed by atoms with E-state index >= 15 is 0 Å². The number of rotatable bonds is 5. The van der Waals surface area contributed by atoms with Crippen LogP contribution in [0.25, 0.3) is 22.4 Å². The smallest absolute Gasteiger partial charge is 0.251 e. The van der Waals surface area contributed by atoms with Gasteiger partial charge in [-0.05, 0) is 18.6 Å². The second-order valence-electron chi connectivity index (χ2n) is 8.00. The number of aromatic nitrogens is 4. The van der Waals surface area contributed by atoms with E-state index in [4.69, 9.17) is 15.5 Å².